The molecule has 1 aromatic rings. The number of carbonyl (C=O) groups is 1. The van der Waals surface area contributed by atoms with Crippen LogP contribution in [0.5, 0.6) is 5.75 Å². The predicted octanol–water partition coefficient (Wildman–Crippen LogP) is 2.97. The second kappa shape index (κ2) is 7.63. The van der Waals surface area contributed by atoms with Gasteiger partial charge in [0.25, 0.3) is 5.91 Å². The molecule has 0 spiro atoms. The third-order valence-electron chi connectivity index (χ3n) is 2.94. The molecule has 22 heavy (non-hydrogen) atoms. The molecule has 0 aromatic heterocycles. The number of benzene rings is 1. The fourth-order valence-corrected chi connectivity index (χ4v) is 3.02. The molecule has 0 heterocycles. The summed E-state index contributed by atoms with van der Waals surface area (Å²) in [5.74, 6) is -0.147. The van der Waals surface area contributed by atoms with E-state index in [0.717, 1.165) is 6.42 Å². The lowest BCUT2D eigenvalue weighted by atomic mass is 9.94. The highest BCUT2D eigenvalue weighted by atomic mass is 32.2. The molecule has 1 amide bonds. The van der Waals surface area contributed by atoms with Gasteiger partial charge in [-0.05, 0) is 36.5 Å². The molecular weight excluding hydrogens is 302 g/mol. The summed E-state index contributed by atoms with van der Waals surface area (Å²) in [5.41, 5.74) is 0.166. The van der Waals surface area contributed by atoms with Gasteiger partial charge in [-0.2, -0.15) is 0 Å². The fourth-order valence-electron chi connectivity index (χ4n) is 1.64. The number of carbonyl (C=O) groups excluding carboxylic acids is 1. The summed E-state index contributed by atoms with van der Waals surface area (Å²) in [6.45, 7) is 8.41. The van der Waals surface area contributed by atoms with E-state index in [9.17, 15) is 13.2 Å². The average Bonchev–Trinajstić information content (AvgIpc) is 2.42. The SMILES string of the molecule is CCCOc1cccc(C(=O)NS(=O)(=O)CCC(C)(C)C)c1. The molecule has 0 unspecified atom stereocenters. The molecule has 0 atom stereocenters. The van der Waals surface area contributed by atoms with Gasteiger partial charge in [0, 0.05) is 5.56 Å². The van der Waals surface area contributed by atoms with Crippen LogP contribution in [0.15, 0.2) is 24.3 Å². The molecule has 0 aliphatic carbocycles. The maximum Gasteiger partial charge on any atom is 0.264 e. The molecule has 1 rings (SSSR count). The molecule has 124 valence electrons. The van der Waals surface area contributed by atoms with Crippen LogP contribution >= 0.6 is 0 Å². The smallest absolute Gasteiger partial charge is 0.264 e. The van der Waals surface area contributed by atoms with Crippen molar-refractivity contribution >= 4 is 15.9 Å². The third-order valence-corrected chi connectivity index (χ3v) is 4.18. The standard InChI is InChI=1S/C16H25NO4S/c1-5-10-21-14-8-6-7-13(12-14)15(18)17-22(19,20)11-9-16(2,3)4/h6-8,12H,5,9-11H2,1-4H3,(H,17,18). The lowest BCUT2D eigenvalue weighted by Gasteiger charge is -2.17. The van der Waals surface area contributed by atoms with Crippen molar-refractivity contribution in [3.05, 3.63) is 29.8 Å². The number of ether oxygens (including phenoxy) is 1. The van der Waals surface area contributed by atoms with Gasteiger partial charge in [-0.25, -0.2) is 13.1 Å². The molecule has 0 saturated heterocycles. The monoisotopic (exact) mass is 327 g/mol. The van der Waals surface area contributed by atoms with Crippen LogP contribution in [-0.2, 0) is 10.0 Å². The van der Waals surface area contributed by atoms with Crippen LogP contribution in [0.25, 0.3) is 0 Å². The van der Waals surface area contributed by atoms with Gasteiger partial charge in [-0.3, -0.25) is 4.79 Å². The number of hydrogen-bond acceptors (Lipinski definition) is 4. The van der Waals surface area contributed by atoms with E-state index in [1.54, 1.807) is 24.3 Å². The van der Waals surface area contributed by atoms with Crippen molar-refractivity contribution in [2.45, 2.75) is 40.5 Å². The molecule has 1 aromatic carbocycles. The Morgan fingerprint density at radius 2 is 1.95 bits per heavy atom. The predicted molar refractivity (Wildman–Crippen MR) is 87.6 cm³/mol. The molecule has 0 radical (unpaired) electrons. The Morgan fingerprint density at radius 1 is 1.27 bits per heavy atom. The van der Waals surface area contributed by atoms with Gasteiger partial charge in [0.05, 0.1) is 12.4 Å². The van der Waals surface area contributed by atoms with E-state index >= 15 is 0 Å². The molecule has 1 N–H and O–H groups in total. The van der Waals surface area contributed by atoms with Crippen LogP contribution < -0.4 is 9.46 Å². The highest BCUT2D eigenvalue weighted by molar-refractivity contribution is 7.90. The van der Waals surface area contributed by atoms with Crippen LogP contribution in [0.4, 0.5) is 0 Å². The van der Waals surface area contributed by atoms with E-state index in [0.29, 0.717) is 18.8 Å². The summed E-state index contributed by atoms with van der Waals surface area (Å²) in [6.07, 6.45) is 1.34. The summed E-state index contributed by atoms with van der Waals surface area (Å²) in [4.78, 5) is 12.1. The second-order valence-corrected chi connectivity index (χ2v) is 8.28. The van der Waals surface area contributed by atoms with E-state index in [1.165, 1.54) is 0 Å². The first-order valence-electron chi connectivity index (χ1n) is 7.41. The van der Waals surface area contributed by atoms with Gasteiger partial charge in [0.1, 0.15) is 5.75 Å². The van der Waals surface area contributed by atoms with Gasteiger partial charge in [-0.1, -0.05) is 33.8 Å². The first kappa shape index (κ1) is 18.5. The minimum absolute atomic E-state index is 0.0751. The zero-order valence-electron chi connectivity index (χ0n) is 13.7. The van der Waals surface area contributed by atoms with Crippen molar-refractivity contribution in [1.82, 2.24) is 4.72 Å². The molecule has 5 nitrogen and oxygen atoms in total. The van der Waals surface area contributed by atoms with Crippen LogP contribution in [0.2, 0.25) is 0 Å². The van der Waals surface area contributed by atoms with Crippen molar-refractivity contribution in [2.24, 2.45) is 5.41 Å². The summed E-state index contributed by atoms with van der Waals surface area (Å²) < 4.78 is 31.5. The summed E-state index contributed by atoms with van der Waals surface area (Å²) >= 11 is 0. The van der Waals surface area contributed by atoms with Gasteiger partial charge in [-0.15, -0.1) is 0 Å². The minimum atomic E-state index is -3.63. The van der Waals surface area contributed by atoms with Crippen LogP contribution in [0.1, 0.15) is 50.9 Å². The molecular formula is C16H25NO4S. The molecule has 6 heteroatoms. The Morgan fingerprint density at radius 3 is 2.55 bits per heavy atom. The number of rotatable bonds is 7. The van der Waals surface area contributed by atoms with Crippen molar-refractivity contribution in [1.29, 1.82) is 0 Å². The number of sulfonamides is 1. The third kappa shape index (κ3) is 6.93. The topological polar surface area (TPSA) is 72.5 Å². The Balaban J connectivity index is 2.72. The van der Waals surface area contributed by atoms with Gasteiger partial charge in [0.2, 0.25) is 10.0 Å². The summed E-state index contributed by atoms with van der Waals surface area (Å²) in [6, 6.07) is 6.51. The molecule has 0 fully saturated rings. The van der Waals surface area contributed by atoms with Crippen molar-refractivity contribution in [2.75, 3.05) is 12.4 Å². The van der Waals surface area contributed by atoms with Gasteiger partial charge >= 0.3 is 0 Å². The Hall–Kier alpha value is -1.56. The van der Waals surface area contributed by atoms with E-state index in [-0.39, 0.29) is 16.7 Å². The number of nitrogens with one attached hydrogen (secondary N) is 1. The average molecular weight is 327 g/mol. The highest BCUT2D eigenvalue weighted by Crippen LogP contribution is 2.19. The number of hydrogen-bond donors (Lipinski definition) is 1. The Labute approximate surface area is 133 Å². The minimum Gasteiger partial charge on any atom is -0.494 e. The lowest BCUT2D eigenvalue weighted by Crippen LogP contribution is -2.33. The maximum absolute atomic E-state index is 12.1. The summed E-state index contributed by atoms with van der Waals surface area (Å²) in [7, 11) is -3.63. The zero-order chi connectivity index (χ0) is 16.8. The van der Waals surface area contributed by atoms with Crippen LogP contribution in [0, 0.1) is 5.41 Å². The van der Waals surface area contributed by atoms with E-state index in [1.807, 2.05) is 27.7 Å². The van der Waals surface area contributed by atoms with Crippen LogP contribution in [-0.4, -0.2) is 26.7 Å². The highest BCUT2D eigenvalue weighted by Gasteiger charge is 2.20. The largest absolute Gasteiger partial charge is 0.494 e. The fraction of sp³-hybridized carbons (Fsp3) is 0.562. The first-order valence-corrected chi connectivity index (χ1v) is 9.06. The maximum atomic E-state index is 12.1. The molecule has 0 saturated carbocycles. The van der Waals surface area contributed by atoms with Crippen molar-refractivity contribution in [3.63, 3.8) is 0 Å². The van der Waals surface area contributed by atoms with E-state index < -0.39 is 15.9 Å². The lowest BCUT2D eigenvalue weighted by molar-refractivity contribution is 0.0980. The van der Waals surface area contributed by atoms with Crippen LogP contribution in [0.3, 0.4) is 0 Å². The van der Waals surface area contributed by atoms with Crippen molar-refractivity contribution < 1.29 is 17.9 Å². The first-order chi connectivity index (χ1) is 10.1. The van der Waals surface area contributed by atoms with E-state index in [2.05, 4.69) is 4.72 Å². The Kier molecular flexibility index (Phi) is 6.41. The zero-order valence-corrected chi connectivity index (χ0v) is 14.5. The summed E-state index contributed by atoms with van der Waals surface area (Å²) in [5, 5.41) is 0. The van der Waals surface area contributed by atoms with E-state index in [4.69, 9.17) is 4.74 Å². The normalized spacial score (nSPS) is 12.0. The van der Waals surface area contributed by atoms with Crippen molar-refractivity contribution in [3.8, 4) is 5.75 Å². The van der Waals surface area contributed by atoms with Gasteiger partial charge in [0.15, 0.2) is 0 Å². The van der Waals surface area contributed by atoms with Gasteiger partial charge < -0.3 is 4.74 Å². The quantitative estimate of drug-likeness (QED) is 0.835. The molecule has 0 aliphatic heterocycles. The Bertz CT molecular complexity index is 603. The molecule has 0 aliphatic rings. The molecule has 0 bridgehead atoms. The second-order valence-electron chi connectivity index (χ2n) is 6.44. The number of amides is 1.